The molecule has 9 heteroatoms. The fourth-order valence-electron chi connectivity index (χ4n) is 2.18. The summed E-state index contributed by atoms with van der Waals surface area (Å²) >= 11 is 4.81. The predicted octanol–water partition coefficient (Wildman–Crippen LogP) is 3.27. The van der Waals surface area contributed by atoms with Crippen LogP contribution >= 0.6 is 27.3 Å². The molecule has 0 saturated carbocycles. The molecule has 0 saturated heterocycles. The second kappa shape index (κ2) is 5.62. The fourth-order valence-corrected chi connectivity index (χ4v) is 3.49. The monoisotopic (exact) mass is 378 g/mol. The Morgan fingerprint density at radius 1 is 1.33 bits per heavy atom. The molecule has 0 atom stereocenters. The van der Waals surface area contributed by atoms with Gasteiger partial charge in [0.25, 0.3) is 0 Å². The van der Waals surface area contributed by atoms with Gasteiger partial charge in [0.1, 0.15) is 9.61 Å². The lowest BCUT2D eigenvalue weighted by molar-refractivity contribution is -0.145. The Morgan fingerprint density at radius 2 is 2.14 bits per heavy atom. The van der Waals surface area contributed by atoms with Crippen LogP contribution in [0.1, 0.15) is 22.1 Å². The summed E-state index contributed by atoms with van der Waals surface area (Å²) in [4.78, 5) is 13.4. The predicted molar refractivity (Wildman–Crippen MR) is 74.7 cm³/mol. The third kappa shape index (κ3) is 3.41. The number of rotatable bonds is 2. The maximum absolute atomic E-state index is 12.7. The molecular weight excluding hydrogens is 369 g/mol. The third-order valence-corrected chi connectivity index (χ3v) is 4.70. The molecule has 1 aliphatic heterocycles. The smallest absolute Gasteiger partial charge is 0.290 e. The van der Waals surface area contributed by atoms with E-state index in [-0.39, 0.29) is 0 Å². The molecule has 0 unspecified atom stereocenters. The third-order valence-electron chi connectivity index (χ3n) is 3.16. The molecule has 3 rings (SSSR count). The Balaban J connectivity index is 1.77. The molecule has 112 valence electrons. The van der Waals surface area contributed by atoms with Crippen LogP contribution in [0.15, 0.2) is 16.2 Å². The zero-order valence-electron chi connectivity index (χ0n) is 10.7. The van der Waals surface area contributed by atoms with Crippen molar-refractivity contribution in [3.05, 3.63) is 38.3 Å². The summed E-state index contributed by atoms with van der Waals surface area (Å²) in [7, 11) is 0. The van der Waals surface area contributed by atoms with Crippen LogP contribution in [-0.4, -0.2) is 26.4 Å². The molecule has 0 aliphatic carbocycles. The van der Waals surface area contributed by atoms with Gasteiger partial charge in [0.2, 0.25) is 5.82 Å². The van der Waals surface area contributed by atoms with Gasteiger partial charge in [-0.3, -0.25) is 4.90 Å². The van der Waals surface area contributed by atoms with Gasteiger partial charge in [-0.25, -0.2) is 15.0 Å². The minimum atomic E-state index is -4.50. The SMILES string of the molecule is FC(F)(F)c1ncc2c(n1)CN(Cc1nc(Br)cs1)CC2. The van der Waals surface area contributed by atoms with Crippen molar-refractivity contribution in [2.75, 3.05) is 6.54 Å². The van der Waals surface area contributed by atoms with E-state index in [1.807, 2.05) is 10.3 Å². The van der Waals surface area contributed by atoms with Crippen LogP contribution in [-0.2, 0) is 25.7 Å². The highest BCUT2D eigenvalue weighted by Crippen LogP contribution is 2.28. The molecule has 4 nitrogen and oxygen atoms in total. The first kappa shape index (κ1) is 14.9. The van der Waals surface area contributed by atoms with Gasteiger partial charge in [0.05, 0.1) is 12.2 Å². The van der Waals surface area contributed by atoms with Crippen LogP contribution < -0.4 is 0 Å². The Kier molecular flexibility index (Phi) is 3.98. The van der Waals surface area contributed by atoms with E-state index in [1.54, 1.807) is 0 Å². The van der Waals surface area contributed by atoms with E-state index in [9.17, 15) is 13.2 Å². The van der Waals surface area contributed by atoms with Crippen molar-refractivity contribution < 1.29 is 13.2 Å². The first-order chi connectivity index (χ1) is 9.91. The molecule has 0 N–H and O–H groups in total. The van der Waals surface area contributed by atoms with Gasteiger partial charge in [0, 0.05) is 24.7 Å². The normalized spacial score (nSPS) is 16.0. The van der Waals surface area contributed by atoms with Crippen molar-refractivity contribution in [2.24, 2.45) is 0 Å². The van der Waals surface area contributed by atoms with E-state index in [0.29, 0.717) is 25.2 Å². The quantitative estimate of drug-likeness (QED) is 0.804. The fraction of sp³-hybridized carbons (Fsp3) is 0.417. The number of fused-ring (bicyclic) bond motifs is 1. The highest BCUT2D eigenvalue weighted by Gasteiger charge is 2.35. The Bertz CT molecular complexity index is 658. The second-order valence-electron chi connectivity index (χ2n) is 4.69. The van der Waals surface area contributed by atoms with Gasteiger partial charge in [-0.05, 0) is 27.9 Å². The lowest BCUT2D eigenvalue weighted by Crippen LogP contribution is -2.31. The standard InChI is InChI=1S/C12H10BrF3N4S/c13-9-6-21-10(19-9)5-20-2-1-7-3-17-11(12(14,15)16)18-8(7)4-20/h3,6H,1-2,4-5H2. The summed E-state index contributed by atoms with van der Waals surface area (Å²) in [6.07, 6.45) is -2.56. The largest absolute Gasteiger partial charge is 0.451 e. The van der Waals surface area contributed by atoms with Crippen LogP contribution in [0.2, 0.25) is 0 Å². The van der Waals surface area contributed by atoms with Gasteiger partial charge < -0.3 is 0 Å². The molecule has 0 spiro atoms. The summed E-state index contributed by atoms with van der Waals surface area (Å²) < 4.78 is 38.7. The number of halogens is 4. The number of aromatic nitrogens is 3. The van der Waals surface area contributed by atoms with E-state index < -0.39 is 12.0 Å². The molecule has 3 heterocycles. The minimum absolute atomic E-state index is 0.387. The topological polar surface area (TPSA) is 41.9 Å². The first-order valence-corrected chi connectivity index (χ1v) is 7.83. The summed E-state index contributed by atoms with van der Waals surface area (Å²) in [6, 6.07) is 0. The average molecular weight is 379 g/mol. The van der Waals surface area contributed by atoms with Crippen molar-refractivity contribution in [3.8, 4) is 0 Å². The second-order valence-corrected chi connectivity index (χ2v) is 6.44. The van der Waals surface area contributed by atoms with Crippen molar-refractivity contribution in [1.29, 1.82) is 0 Å². The number of thiazole rings is 1. The van der Waals surface area contributed by atoms with Crippen molar-refractivity contribution in [3.63, 3.8) is 0 Å². The van der Waals surface area contributed by atoms with Crippen LogP contribution in [0, 0.1) is 0 Å². The van der Waals surface area contributed by atoms with Gasteiger partial charge >= 0.3 is 6.18 Å². The number of nitrogens with zero attached hydrogens (tertiary/aromatic N) is 4. The molecule has 21 heavy (non-hydrogen) atoms. The molecular formula is C12H10BrF3N4S. The van der Waals surface area contributed by atoms with Crippen molar-refractivity contribution in [1.82, 2.24) is 19.9 Å². The summed E-state index contributed by atoms with van der Waals surface area (Å²) in [5.41, 5.74) is 1.25. The zero-order valence-corrected chi connectivity index (χ0v) is 13.1. The van der Waals surface area contributed by atoms with E-state index >= 15 is 0 Å². The molecule has 2 aromatic heterocycles. The zero-order chi connectivity index (χ0) is 15.0. The van der Waals surface area contributed by atoms with Crippen LogP contribution in [0.4, 0.5) is 13.2 Å². The van der Waals surface area contributed by atoms with E-state index in [4.69, 9.17) is 0 Å². The summed E-state index contributed by atoms with van der Waals surface area (Å²) in [5.74, 6) is -1.07. The van der Waals surface area contributed by atoms with Gasteiger partial charge in [-0.15, -0.1) is 11.3 Å². The van der Waals surface area contributed by atoms with Crippen LogP contribution in [0.25, 0.3) is 0 Å². The molecule has 0 aromatic carbocycles. The lowest BCUT2D eigenvalue weighted by atomic mass is 10.1. The molecule has 2 aromatic rings. The minimum Gasteiger partial charge on any atom is -0.290 e. The Labute approximate surface area is 131 Å². The van der Waals surface area contributed by atoms with Gasteiger partial charge in [-0.2, -0.15) is 13.2 Å². The highest BCUT2D eigenvalue weighted by molar-refractivity contribution is 9.10. The number of hydrogen-bond acceptors (Lipinski definition) is 5. The summed E-state index contributed by atoms with van der Waals surface area (Å²) in [6.45, 7) is 1.76. The van der Waals surface area contributed by atoms with Crippen LogP contribution in [0.5, 0.6) is 0 Å². The molecule has 0 amide bonds. The maximum Gasteiger partial charge on any atom is 0.451 e. The van der Waals surface area contributed by atoms with Crippen molar-refractivity contribution in [2.45, 2.75) is 25.7 Å². The van der Waals surface area contributed by atoms with Crippen LogP contribution in [0.3, 0.4) is 0 Å². The molecule has 0 bridgehead atoms. The van der Waals surface area contributed by atoms with Crippen molar-refractivity contribution >= 4 is 27.3 Å². The molecule has 0 radical (unpaired) electrons. The van der Waals surface area contributed by atoms with Gasteiger partial charge in [-0.1, -0.05) is 0 Å². The van der Waals surface area contributed by atoms with E-state index in [0.717, 1.165) is 21.7 Å². The highest BCUT2D eigenvalue weighted by atomic mass is 79.9. The lowest BCUT2D eigenvalue weighted by Gasteiger charge is -2.27. The van der Waals surface area contributed by atoms with E-state index in [2.05, 4.69) is 30.9 Å². The molecule has 0 fully saturated rings. The van der Waals surface area contributed by atoms with E-state index in [1.165, 1.54) is 17.5 Å². The molecule has 1 aliphatic rings. The Morgan fingerprint density at radius 3 is 2.81 bits per heavy atom. The Hall–Kier alpha value is -1.06. The number of hydrogen-bond donors (Lipinski definition) is 0. The average Bonchev–Trinajstić information content (AvgIpc) is 2.82. The summed E-state index contributed by atoms with van der Waals surface area (Å²) in [5, 5.41) is 2.81. The number of alkyl halides is 3. The first-order valence-electron chi connectivity index (χ1n) is 6.16. The maximum atomic E-state index is 12.7. The van der Waals surface area contributed by atoms with Gasteiger partial charge in [0.15, 0.2) is 0 Å².